The maximum atomic E-state index is 10.9. The van der Waals surface area contributed by atoms with Gasteiger partial charge in [-0.3, -0.25) is 0 Å². The molecule has 0 saturated carbocycles. The monoisotopic (exact) mass is 236 g/mol. The standard InChI is InChI=1S/C14H24OSi/c1-11(2)16(15,12(3)4)10-14-9-7-6-8-13(14)5/h6-9,11-12,15H,10H2,1-5H3. The van der Waals surface area contributed by atoms with Crippen LogP contribution in [0, 0.1) is 6.92 Å². The number of rotatable bonds is 4. The smallest absolute Gasteiger partial charge is 0.197 e. The zero-order valence-electron chi connectivity index (χ0n) is 11.1. The van der Waals surface area contributed by atoms with Crippen LogP contribution in [0.15, 0.2) is 24.3 Å². The molecule has 0 amide bonds. The lowest BCUT2D eigenvalue weighted by molar-refractivity contribution is 0.489. The number of hydrogen-bond acceptors (Lipinski definition) is 1. The molecule has 1 rings (SSSR count). The van der Waals surface area contributed by atoms with Crippen molar-refractivity contribution in [3.05, 3.63) is 35.4 Å². The molecular weight excluding hydrogens is 212 g/mol. The first-order chi connectivity index (χ1) is 7.38. The summed E-state index contributed by atoms with van der Waals surface area (Å²) in [4.78, 5) is 10.9. The Kier molecular flexibility index (Phi) is 4.33. The molecule has 0 fully saturated rings. The van der Waals surface area contributed by atoms with E-state index in [0.717, 1.165) is 6.04 Å². The van der Waals surface area contributed by atoms with Crippen molar-refractivity contribution in [3.63, 3.8) is 0 Å². The van der Waals surface area contributed by atoms with E-state index >= 15 is 0 Å². The minimum atomic E-state index is -2.18. The lowest BCUT2D eigenvalue weighted by Crippen LogP contribution is -2.44. The van der Waals surface area contributed by atoms with Gasteiger partial charge in [0.1, 0.15) is 0 Å². The fraction of sp³-hybridized carbons (Fsp3) is 0.571. The summed E-state index contributed by atoms with van der Waals surface area (Å²) in [6.07, 6.45) is 0. The van der Waals surface area contributed by atoms with Crippen LogP contribution in [0.4, 0.5) is 0 Å². The van der Waals surface area contributed by atoms with Gasteiger partial charge in [0, 0.05) is 0 Å². The van der Waals surface area contributed by atoms with E-state index in [4.69, 9.17) is 0 Å². The number of benzene rings is 1. The molecule has 0 atom stereocenters. The van der Waals surface area contributed by atoms with Gasteiger partial charge in [0.05, 0.1) is 0 Å². The second kappa shape index (κ2) is 5.15. The second-order valence-electron chi connectivity index (χ2n) is 5.40. The Morgan fingerprint density at radius 3 is 2.00 bits per heavy atom. The molecular formula is C14H24OSi. The third-order valence-electron chi connectivity index (χ3n) is 3.73. The fourth-order valence-electron chi connectivity index (χ4n) is 2.19. The van der Waals surface area contributed by atoms with Crippen molar-refractivity contribution < 1.29 is 4.80 Å². The molecule has 1 nitrogen and oxygen atoms in total. The Morgan fingerprint density at radius 1 is 1.06 bits per heavy atom. The van der Waals surface area contributed by atoms with Crippen molar-refractivity contribution in [3.8, 4) is 0 Å². The summed E-state index contributed by atoms with van der Waals surface area (Å²) in [5.74, 6) is 0. The summed E-state index contributed by atoms with van der Waals surface area (Å²) in [5.41, 5.74) is 3.44. The van der Waals surface area contributed by atoms with Crippen LogP contribution in [-0.2, 0) is 6.04 Å². The minimum Gasteiger partial charge on any atom is -0.431 e. The van der Waals surface area contributed by atoms with Crippen molar-refractivity contribution >= 4 is 8.32 Å². The Hall–Kier alpha value is -0.603. The van der Waals surface area contributed by atoms with Gasteiger partial charge in [-0.25, -0.2) is 0 Å². The van der Waals surface area contributed by atoms with E-state index in [1.54, 1.807) is 0 Å². The summed E-state index contributed by atoms with van der Waals surface area (Å²) in [7, 11) is -2.18. The zero-order chi connectivity index (χ0) is 12.3. The lowest BCUT2D eigenvalue weighted by atomic mass is 10.1. The first-order valence-electron chi connectivity index (χ1n) is 6.14. The van der Waals surface area contributed by atoms with Crippen LogP contribution in [0.25, 0.3) is 0 Å². The summed E-state index contributed by atoms with van der Waals surface area (Å²) >= 11 is 0. The van der Waals surface area contributed by atoms with E-state index in [1.807, 2.05) is 0 Å². The van der Waals surface area contributed by atoms with Gasteiger partial charge in [-0.1, -0.05) is 52.0 Å². The summed E-state index contributed by atoms with van der Waals surface area (Å²) in [6, 6.07) is 9.29. The first-order valence-corrected chi connectivity index (χ1v) is 8.45. The molecule has 16 heavy (non-hydrogen) atoms. The maximum absolute atomic E-state index is 10.9. The highest BCUT2D eigenvalue weighted by Gasteiger charge is 2.38. The van der Waals surface area contributed by atoms with E-state index in [9.17, 15) is 4.80 Å². The number of aryl methyl sites for hydroxylation is 1. The van der Waals surface area contributed by atoms with Crippen LogP contribution in [-0.4, -0.2) is 13.1 Å². The van der Waals surface area contributed by atoms with Crippen LogP contribution < -0.4 is 0 Å². The largest absolute Gasteiger partial charge is 0.431 e. The molecule has 1 aromatic carbocycles. The van der Waals surface area contributed by atoms with Crippen molar-refractivity contribution in [1.82, 2.24) is 0 Å². The van der Waals surface area contributed by atoms with Crippen molar-refractivity contribution in [2.24, 2.45) is 0 Å². The summed E-state index contributed by atoms with van der Waals surface area (Å²) in [5, 5.41) is 0. The van der Waals surface area contributed by atoms with Gasteiger partial charge in [0.2, 0.25) is 0 Å². The van der Waals surface area contributed by atoms with Gasteiger partial charge in [-0.15, -0.1) is 0 Å². The SMILES string of the molecule is Cc1ccccc1C[Si](O)(C(C)C)C(C)C. The summed E-state index contributed by atoms with van der Waals surface area (Å²) in [6.45, 7) is 10.8. The van der Waals surface area contributed by atoms with E-state index in [2.05, 4.69) is 58.9 Å². The molecule has 90 valence electrons. The number of hydrogen-bond donors (Lipinski definition) is 1. The highest BCUT2D eigenvalue weighted by atomic mass is 28.4. The Labute approximate surface area is 101 Å². The molecule has 1 aromatic rings. The summed E-state index contributed by atoms with van der Waals surface area (Å²) < 4.78 is 0. The molecule has 0 bridgehead atoms. The molecule has 0 saturated heterocycles. The van der Waals surface area contributed by atoms with Crippen LogP contribution in [0.3, 0.4) is 0 Å². The normalized spacial score (nSPS) is 12.5. The molecule has 0 unspecified atom stereocenters. The van der Waals surface area contributed by atoms with E-state index in [-0.39, 0.29) is 0 Å². The zero-order valence-corrected chi connectivity index (χ0v) is 12.1. The van der Waals surface area contributed by atoms with Gasteiger partial charge < -0.3 is 4.80 Å². The third kappa shape index (κ3) is 2.74. The van der Waals surface area contributed by atoms with Crippen LogP contribution in [0.5, 0.6) is 0 Å². The first kappa shape index (κ1) is 13.5. The third-order valence-corrected chi connectivity index (χ3v) is 8.68. The quantitative estimate of drug-likeness (QED) is 0.788. The fourth-order valence-corrected chi connectivity index (χ4v) is 5.35. The van der Waals surface area contributed by atoms with Crippen molar-refractivity contribution in [1.29, 1.82) is 0 Å². The molecule has 0 aliphatic rings. The van der Waals surface area contributed by atoms with Gasteiger partial charge in [-0.2, -0.15) is 0 Å². The Balaban J connectivity index is 2.98. The molecule has 0 aliphatic heterocycles. The maximum Gasteiger partial charge on any atom is 0.197 e. The molecule has 2 heteroatoms. The predicted molar refractivity (Wildman–Crippen MR) is 73.1 cm³/mol. The Morgan fingerprint density at radius 2 is 1.56 bits per heavy atom. The van der Waals surface area contributed by atoms with Crippen LogP contribution in [0.2, 0.25) is 11.1 Å². The van der Waals surface area contributed by atoms with Crippen molar-refractivity contribution in [2.45, 2.75) is 51.7 Å². The van der Waals surface area contributed by atoms with Gasteiger partial charge in [-0.05, 0) is 35.2 Å². The average molecular weight is 236 g/mol. The molecule has 0 radical (unpaired) electrons. The molecule has 0 spiro atoms. The van der Waals surface area contributed by atoms with Gasteiger partial charge in [0.25, 0.3) is 0 Å². The minimum absolute atomic E-state index is 0.409. The second-order valence-corrected chi connectivity index (χ2v) is 10.0. The van der Waals surface area contributed by atoms with E-state index < -0.39 is 8.32 Å². The molecule has 1 N–H and O–H groups in total. The topological polar surface area (TPSA) is 20.2 Å². The molecule has 0 heterocycles. The average Bonchev–Trinajstić information content (AvgIpc) is 2.20. The Bertz CT molecular complexity index is 336. The predicted octanol–water partition coefficient (Wildman–Crippen LogP) is 3.83. The van der Waals surface area contributed by atoms with E-state index in [0.29, 0.717) is 11.1 Å². The highest BCUT2D eigenvalue weighted by molar-refractivity contribution is 6.74. The van der Waals surface area contributed by atoms with Crippen LogP contribution in [0.1, 0.15) is 38.8 Å². The van der Waals surface area contributed by atoms with Gasteiger partial charge in [0.15, 0.2) is 8.32 Å². The lowest BCUT2D eigenvalue weighted by Gasteiger charge is -2.33. The highest BCUT2D eigenvalue weighted by Crippen LogP contribution is 2.33. The van der Waals surface area contributed by atoms with Crippen molar-refractivity contribution in [2.75, 3.05) is 0 Å². The molecule has 0 aliphatic carbocycles. The van der Waals surface area contributed by atoms with Crippen LogP contribution >= 0.6 is 0 Å². The van der Waals surface area contributed by atoms with E-state index in [1.165, 1.54) is 11.1 Å². The van der Waals surface area contributed by atoms with Gasteiger partial charge >= 0.3 is 0 Å². The molecule has 0 aromatic heterocycles.